The van der Waals surface area contributed by atoms with Crippen LogP contribution in [0.1, 0.15) is 11.3 Å². The van der Waals surface area contributed by atoms with E-state index in [-0.39, 0.29) is 5.91 Å². The summed E-state index contributed by atoms with van der Waals surface area (Å²) in [6, 6.07) is 5.88. The number of carbonyl (C=O) groups excluding carboxylic acids is 1. The molecule has 7 heteroatoms. The molecule has 0 aliphatic carbocycles. The Balaban J connectivity index is 1.78. The molecule has 0 spiro atoms. The van der Waals surface area contributed by atoms with E-state index in [1.807, 2.05) is 6.92 Å². The third kappa shape index (κ3) is 3.29. The number of imidazole rings is 1. The van der Waals surface area contributed by atoms with E-state index < -0.39 is 11.7 Å². The summed E-state index contributed by atoms with van der Waals surface area (Å²) in [7, 11) is 0. The average Bonchev–Trinajstić information content (AvgIpc) is 2.99. The number of aromatic nitrogens is 2. The minimum Gasteiger partial charge on any atom is -0.423 e. The highest BCUT2D eigenvalue weighted by Gasteiger charge is 2.15. The molecule has 1 atom stereocenters. The van der Waals surface area contributed by atoms with Crippen molar-refractivity contribution in [2.24, 2.45) is 5.73 Å². The number of aromatic amines is 1. The van der Waals surface area contributed by atoms with Crippen LogP contribution in [0, 0.1) is 6.92 Å². The van der Waals surface area contributed by atoms with Gasteiger partial charge in [0.15, 0.2) is 0 Å². The number of hydrogen-bond acceptors (Lipinski definition) is 5. The van der Waals surface area contributed by atoms with E-state index in [0.717, 1.165) is 16.6 Å². The quantitative estimate of drug-likeness (QED) is 0.629. The third-order valence-electron chi connectivity index (χ3n) is 3.55. The fourth-order valence-corrected chi connectivity index (χ4v) is 2.36. The van der Waals surface area contributed by atoms with Gasteiger partial charge < -0.3 is 20.5 Å². The molecule has 118 valence electrons. The monoisotopic (exact) mass is 312 g/mol. The highest BCUT2D eigenvalue weighted by Crippen LogP contribution is 2.20. The van der Waals surface area contributed by atoms with Crippen molar-refractivity contribution in [3.63, 3.8) is 0 Å². The van der Waals surface area contributed by atoms with Gasteiger partial charge in [-0.2, -0.15) is 0 Å². The standard InChI is InChI=1S/C16H16N4O3/c1-9-4-15(21)23-14-6-10(2-3-12(9)14)20-16(22)13(17)5-11-7-18-8-19-11/h2-4,6-8,13H,5,17H2,1H3,(H,18,19)(H,20,22)/t13-/m1/s1. The van der Waals surface area contributed by atoms with Crippen LogP contribution in [-0.4, -0.2) is 21.9 Å². The number of aryl methyl sites for hydroxylation is 1. The molecule has 3 rings (SSSR count). The maximum absolute atomic E-state index is 12.1. The Hall–Kier alpha value is -2.93. The zero-order valence-electron chi connectivity index (χ0n) is 12.5. The maximum atomic E-state index is 12.1. The molecule has 0 bridgehead atoms. The smallest absolute Gasteiger partial charge is 0.336 e. The molecular formula is C16H16N4O3. The fraction of sp³-hybridized carbons (Fsp3) is 0.188. The Kier molecular flexibility index (Phi) is 3.94. The van der Waals surface area contributed by atoms with Crippen molar-refractivity contribution in [1.82, 2.24) is 9.97 Å². The minimum absolute atomic E-state index is 0.325. The van der Waals surface area contributed by atoms with Crippen LogP contribution >= 0.6 is 0 Å². The Bertz CT molecular complexity index is 899. The molecule has 0 aliphatic rings. The Labute approximate surface area is 131 Å². The van der Waals surface area contributed by atoms with Crippen LogP contribution in [0.15, 0.2) is 46.0 Å². The summed E-state index contributed by atoms with van der Waals surface area (Å²) in [5.41, 5.74) is 8.02. The number of hydrogen-bond donors (Lipinski definition) is 3. The molecule has 0 aliphatic heterocycles. The molecule has 2 aromatic heterocycles. The fourth-order valence-electron chi connectivity index (χ4n) is 2.36. The van der Waals surface area contributed by atoms with Crippen LogP contribution in [0.25, 0.3) is 11.0 Å². The summed E-state index contributed by atoms with van der Waals surface area (Å²) >= 11 is 0. The minimum atomic E-state index is -0.712. The first-order valence-corrected chi connectivity index (χ1v) is 7.11. The van der Waals surface area contributed by atoms with Crippen LogP contribution < -0.4 is 16.7 Å². The molecule has 2 heterocycles. The topological polar surface area (TPSA) is 114 Å². The SMILES string of the molecule is Cc1cc(=O)oc2cc(NC(=O)[C@H](N)Cc3cnc[nH]3)ccc12. The van der Waals surface area contributed by atoms with E-state index in [4.69, 9.17) is 10.2 Å². The summed E-state index contributed by atoms with van der Waals surface area (Å²) < 4.78 is 5.16. The van der Waals surface area contributed by atoms with Crippen molar-refractivity contribution in [3.8, 4) is 0 Å². The van der Waals surface area contributed by atoms with E-state index in [1.165, 1.54) is 12.4 Å². The lowest BCUT2D eigenvalue weighted by Gasteiger charge is -2.12. The number of carbonyl (C=O) groups is 1. The lowest BCUT2D eigenvalue weighted by Crippen LogP contribution is -2.37. The van der Waals surface area contributed by atoms with E-state index >= 15 is 0 Å². The van der Waals surface area contributed by atoms with Gasteiger partial charge in [0.1, 0.15) is 5.58 Å². The van der Waals surface area contributed by atoms with Crippen molar-refractivity contribution < 1.29 is 9.21 Å². The third-order valence-corrected chi connectivity index (χ3v) is 3.55. The van der Waals surface area contributed by atoms with Gasteiger partial charge in [-0.05, 0) is 24.6 Å². The summed E-state index contributed by atoms with van der Waals surface area (Å²) in [5, 5.41) is 3.55. The second kappa shape index (κ2) is 6.05. The second-order valence-corrected chi connectivity index (χ2v) is 5.34. The van der Waals surface area contributed by atoms with E-state index in [0.29, 0.717) is 17.7 Å². The zero-order chi connectivity index (χ0) is 16.4. The number of fused-ring (bicyclic) bond motifs is 1. The first-order valence-electron chi connectivity index (χ1n) is 7.11. The van der Waals surface area contributed by atoms with Gasteiger partial charge in [0.2, 0.25) is 5.91 Å². The van der Waals surface area contributed by atoms with Gasteiger partial charge in [-0.25, -0.2) is 9.78 Å². The van der Waals surface area contributed by atoms with E-state index in [2.05, 4.69) is 15.3 Å². The van der Waals surface area contributed by atoms with Crippen molar-refractivity contribution in [2.75, 3.05) is 5.32 Å². The van der Waals surface area contributed by atoms with Crippen LogP contribution in [0.5, 0.6) is 0 Å². The van der Waals surface area contributed by atoms with Crippen LogP contribution in [-0.2, 0) is 11.2 Å². The van der Waals surface area contributed by atoms with Gasteiger partial charge in [0.25, 0.3) is 0 Å². The highest BCUT2D eigenvalue weighted by atomic mass is 16.4. The number of H-pyrrole nitrogens is 1. The Morgan fingerprint density at radius 2 is 2.26 bits per heavy atom. The lowest BCUT2D eigenvalue weighted by molar-refractivity contribution is -0.117. The first kappa shape index (κ1) is 15.0. The maximum Gasteiger partial charge on any atom is 0.336 e. The van der Waals surface area contributed by atoms with Gasteiger partial charge in [0, 0.05) is 41.5 Å². The molecule has 3 aromatic rings. The van der Waals surface area contributed by atoms with Gasteiger partial charge in [0.05, 0.1) is 12.4 Å². The molecule has 0 saturated heterocycles. The van der Waals surface area contributed by atoms with Gasteiger partial charge in [-0.3, -0.25) is 4.79 Å². The van der Waals surface area contributed by atoms with Gasteiger partial charge >= 0.3 is 5.63 Å². The van der Waals surface area contributed by atoms with Crippen molar-refractivity contribution in [2.45, 2.75) is 19.4 Å². The number of nitrogens with one attached hydrogen (secondary N) is 2. The number of nitrogens with zero attached hydrogens (tertiary/aromatic N) is 1. The number of amides is 1. The van der Waals surface area contributed by atoms with Crippen molar-refractivity contribution in [3.05, 3.63) is 58.5 Å². The van der Waals surface area contributed by atoms with E-state index in [9.17, 15) is 9.59 Å². The van der Waals surface area contributed by atoms with Crippen LogP contribution in [0.2, 0.25) is 0 Å². The predicted molar refractivity (Wildman–Crippen MR) is 86.1 cm³/mol. The summed E-state index contributed by atoms with van der Waals surface area (Å²) in [6.45, 7) is 1.83. The molecule has 7 nitrogen and oxygen atoms in total. The number of anilines is 1. The Morgan fingerprint density at radius 3 is 3.00 bits per heavy atom. The number of rotatable bonds is 4. The average molecular weight is 312 g/mol. The van der Waals surface area contributed by atoms with Crippen LogP contribution in [0.4, 0.5) is 5.69 Å². The normalized spacial score (nSPS) is 12.3. The second-order valence-electron chi connectivity index (χ2n) is 5.34. The molecule has 23 heavy (non-hydrogen) atoms. The zero-order valence-corrected chi connectivity index (χ0v) is 12.5. The van der Waals surface area contributed by atoms with Crippen molar-refractivity contribution >= 4 is 22.6 Å². The molecule has 1 aromatic carbocycles. The Morgan fingerprint density at radius 1 is 1.43 bits per heavy atom. The van der Waals surface area contributed by atoms with Crippen molar-refractivity contribution in [1.29, 1.82) is 0 Å². The predicted octanol–water partition coefficient (Wildman–Crippen LogP) is 1.33. The lowest BCUT2D eigenvalue weighted by atomic mass is 10.1. The van der Waals surface area contributed by atoms with E-state index in [1.54, 1.807) is 24.4 Å². The molecule has 0 unspecified atom stereocenters. The van der Waals surface area contributed by atoms with Gasteiger partial charge in [-0.15, -0.1) is 0 Å². The summed E-state index contributed by atoms with van der Waals surface area (Å²) in [4.78, 5) is 30.4. The first-order chi connectivity index (χ1) is 11.0. The number of nitrogens with two attached hydrogens (primary N) is 1. The molecule has 1 amide bonds. The molecule has 0 fully saturated rings. The highest BCUT2D eigenvalue weighted by molar-refractivity contribution is 5.96. The molecule has 4 N–H and O–H groups in total. The van der Waals surface area contributed by atoms with Crippen LogP contribution in [0.3, 0.4) is 0 Å². The largest absolute Gasteiger partial charge is 0.423 e. The molecular weight excluding hydrogens is 296 g/mol. The molecule has 0 radical (unpaired) electrons. The summed E-state index contributed by atoms with van der Waals surface area (Å²) in [6.07, 6.45) is 3.52. The summed E-state index contributed by atoms with van der Waals surface area (Å²) in [5.74, 6) is -0.325. The van der Waals surface area contributed by atoms with Gasteiger partial charge in [-0.1, -0.05) is 0 Å². The number of benzene rings is 1. The molecule has 0 saturated carbocycles.